The first-order valence-electron chi connectivity index (χ1n) is 21.5. The summed E-state index contributed by atoms with van der Waals surface area (Å²) in [5, 5.41) is 12.0. The number of rotatable bonds is 7. The van der Waals surface area contributed by atoms with Crippen molar-refractivity contribution in [1.82, 2.24) is 14.5 Å². The van der Waals surface area contributed by atoms with Crippen LogP contribution < -0.4 is 0 Å². The number of aromatic hydroxyl groups is 1. The van der Waals surface area contributed by atoms with E-state index >= 15 is 0 Å². The van der Waals surface area contributed by atoms with Crippen LogP contribution in [0.3, 0.4) is 0 Å². The lowest BCUT2D eigenvalue weighted by Gasteiger charge is -2.22. The molecule has 0 aliphatic rings. The van der Waals surface area contributed by atoms with E-state index in [1.54, 1.807) is 0 Å². The molecule has 0 spiro atoms. The minimum Gasteiger partial charge on any atom is -0.507 e. The highest BCUT2D eigenvalue weighted by Gasteiger charge is 2.26. The number of benzene rings is 7. The fourth-order valence-corrected chi connectivity index (χ4v) is 8.45. The van der Waals surface area contributed by atoms with Crippen molar-refractivity contribution in [1.29, 1.82) is 0 Å². The van der Waals surface area contributed by atoms with E-state index in [4.69, 9.17) is 9.97 Å². The van der Waals surface area contributed by atoms with E-state index in [1.807, 2.05) is 19.2 Å². The Kier molecular flexibility index (Phi) is 10.3. The smallest absolute Gasteiger partial charge is 0.149 e. The van der Waals surface area contributed by atoms with Crippen molar-refractivity contribution in [3.8, 4) is 78.6 Å². The number of nitrogens with zero attached hydrogens (tertiary/aromatic N) is 3. The maximum atomic E-state index is 12.0. The number of para-hydroxylation sites is 1. The van der Waals surface area contributed by atoms with Gasteiger partial charge in [0, 0.05) is 22.9 Å². The Morgan fingerprint density at radius 3 is 1.76 bits per heavy atom. The zero-order chi connectivity index (χ0) is 43.3. The van der Waals surface area contributed by atoms with Gasteiger partial charge in [0.15, 0.2) is 0 Å². The molecular weight excluding hydrogens is 755 g/mol. The molecule has 0 aliphatic carbocycles. The highest BCUT2D eigenvalue weighted by Crippen LogP contribution is 2.44. The first kappa shape index (κ1) is 40.4. The number of hydrogen-bond acceptors (Lipinski definition) is 3. The Morgan fingerprint density at radius 2 is 1.08 bits per heavy atom. The van der Waals surface area contributed by atoms with Gasteiger partial charge in [0.05, 0.1) is 28.0 Å². The molecule has 0 radical (unpaired) electrons. The Balaban J connectivity index is 1.26. The van der Waals surface area contributed by atoms with Crippen LogP contribution >= 0.6 is 0 Å². The van der Waals surface area contributed by atoms with E-state index < -0.39 is 0 Å². The van der Waals surface area contributed by atoms with E-state index in [0.717, 1.165) is 72.5 Å². The van der Waals surface area contributed by atoms with Crippen LogP contribution in [0.15, 0.2) is 170 Å². The highest BCUT2D eigenvalue weighted by molar-refractivity contribution is 5.98. The molecule has 62 heavy (non-hydrogen) atoms. The third kappa shape index (κ3) is 7.74. The van der Waals surface area contributed by atoms with Gasteiger partial charge in [-0.15, -0.1) is 0 Å². The monoisotopic (exact) mass is 807 g/mol. The van der Waals surface area contributed by atoms with Crippen LogP contribution in [0.25, 0.3) is 83.9 Å². The predicted octanol–water partition coefficient (Wildman–Crippen LogP) is 15.3. The third-order valence-electron chi connectivity index (χ3n) is 12.1. The Labute approximate surface area is 366 Å². The summed E-state index contributed by atoms with van der Waals surface area (Å²) in [6, 6.07) is 58.2. The van der Waals surface area contributed by atoms with Crippen molar-refractivity contribution in [2.75, 3.05) is 0 Å². The van der Waals surface area contributed by atoms with E-state index in [0.29, 0.717) is 11.4 Å². The molecule has 7 aromatic carbocycles. The van der Waals surface area contributed by atoms with Crippen LogP contribution in [0.1, 0.15) is 63.8 Å². The molecule has 0 aliphatic heterocycles. The largest absolute Gasteiger partial charge is 0.507 e. The molecule has 4 nitrogen and oxygen atoms in total. The van der Waals surface area contributed by atoms with Gasteiger partial charge in [-0.2, -0.15) is 0 Å². The summed E-state index contributed by atoms with van der Waals surface area (Å²) in [5.41, 5.74) is 18.5. The van der Waals surface area contributed by atoms with Crippen molar-refractivity contribution in [2.24, 2.45) is 0 Å². The van der Waals surface area contributed by atoms with Crippen molar-refractivity contribution < 1.29 is 5.11 Å². The van der Waals surface area contributed by atoms with E-state index in [1.165, 1.54) is 22.3 Å². The zero-order valence-corrected chi connectivity index (χ0v) is 37.0. The van der Waals surface area contributed by atoms with Crippen LogP contribution in [-0.4, -0.2) is 19.6 Å². The molecule has 4 heteroatoms. The second kappa shape index (κ2) is 15.8. The molecule has 306 valence electrons. The van der Waals surface area contributed by atoms with Crippen molar-refractivity contribution in [3.63, 3.8) is 0 Å². The number of fused-ring (bicyclic) bond motifs is 1. The van der Waals surface area contributed by atoms with Gasteiger partial charge >= 0.3 is 0 Å². The fraction of sp³-hybridized carbons (Fsp3) is 0.172. The Morgan fingerprint density at radius 1 is 0.468 bits per heavy atom. The van der Waals surface area contributed by atoms with Gasteiger partial charge in [-0.05, 0) is 123 Å². The highest BCUT2D eigenvalue weighted by atomic mass is 16.3. The molecule has 2 heterocycles. The normalized spacial score (nSPS) is 11.9. The third-order valence-corrected chi connectivity index (χ3v) is 12.1. The van der Waals surface area contributed by atoms with Gasteiger partial charge in [0.25, 0.3) is 0 Å². The van der Waals surface area contributed by atoms with Crippen molar-refractivity contribution >= 4 is 11.0 Å². The lowest BCUT2D eigenvalue weighted by molar-refractivity contribution is 0.471. The quantitative estimate of drug-likeness (QED) is 0.174. The standard InChI is InChI=1S/C58H53N3O/c1-37-22-27-52(49(30-37)42-18-13-10-14-19-42)61-53-21-15-20-48(54(53)60-56(61)50-36-46(57(3,4)5)31-38(2)55(50)62)44-32-45(34-47(33-44)58(6,7)8)51-35-43(28-29-59-51)41-25-23-40(24-26-41)39-16-11-9-12-17-39/h9-36,62H,1-8H3. The minimum atomic E-state index is -0.144. The number of pyridine rings is 1. The zero-order valence-electron chi connectivity index (χ0n) is 37.0. The molecule has 0 saturated heterocycles. The van der Waals surface area contributed by atoms with Crippen LogP contribution in [0.5, 0.6) is 5.75 Å². The van der Waals surface area contributed by atoms with Gasteiger partial charge in [0.2, 0.25) is 0 Å². The van der Waals surface area contributed by atoms with E-state index in [2.05, 4.69) is 211 Å². The molecule has 0 atom stereocenters. The molecule has 2 aromatic heterocycles. The molecular formula is C58H53N3O. The van der Waals surface area contributed by atoms with Crippen molar-refractivity contribution in [3.05, 3.63) is 192 Å². The maximum absolute atomic E-state index is 12.0. The molecule has 0 saturated carbocycles. The van der Waals surface area contributed by atoms with Gasteiger partial charge < -0.3 is 5.11 Å². The second-order valence-corrected chi connectivity index (χ2v) is 18.7. The minimum absolute atomic E-state index is 0.142. The van der Waals surface area contributed by atoms with Gasteiger partial charge in [-0.3, -0.25) is 9.55 Å². The summed E-state index contributed by atoms with van der Waals surface area (Å²) in [6.07, 6.45) is 1.92. The fourth-order valence-electron chi connectivity index (χ4n) is 8.45. The maximum Gasteiger partial charge on any atom is 0.149 e. The van der Waals surface area contributed by atoms with Crippen LogP contribution in [-0.2, 0) is 10.8 Å². The second-order valence-electron chi connectivity index (χ2n) is 18.7. The van der Waals surface area contributed by atoms with Crippen LogP contribution in [0.2, 0.25) is 0 Å². The molecule has 0 unspecified atom stereocenters. The lowest BCUT2D eigenvalue weighted by Crippen LogP contribution is -2.12. The number of aryl methyl sites for hydroxylation is 2. The van der Waals surface area contributed by atoms with Gasteiger partial charge in [0.1, 0.15) is 11.6 Å². The lowest BCUT2D eigenvalue weighted by atomic mass is 9.83. The van der Waals surface area contributed by atoms with Gasteiger partial charge in [-0.25, -0.2) is 4.98 Å². The molecule has 0 fully saturated rings. The Hall–Kier alpha value is -7.04. The summed E-state index contributed by atoms with van der Waals surface area (Å²) < 4.78 is 2.25. The molecule has 9 aromatic rings. The average Bonchev–Trinajstić information content (AvgIpc) is 3.66. The summed E-state index contributed by atoms with van der Waals surface area (Å²) >= 11 is 0. The first-order valence-corrected chi connectivity index (χ1v) is 21.5. The molecule has 1 N–H and O–H groups in total. The van der Waals surface area contributed by atoms with Crippen molar-refractivity contribution in [2.45, 2.75) is 66.2 Å². The number of phenols is 1. The summed E-state index contributed by atoms with van der Waals surface area (Å²) in [4.78, 5) is 10.5. The topological polar surface area (TPSA) is 50.9 Å². The molecule has 0 bridgehead atoms. The summed E-state index contributed by atoms with van der Waals surface area (Å²) in [5.74, 6) is 0.933. The molecule has 9 rings (SSSR count). The summed E-state index contributed by atoms with van der Waals surface area (Å²) in [6.45, 7) is 17.5. The SMILES string of the molecule is Cc1ccc(-n2c(-c3cc(C(C)(C)C)cc(C)c3O)nc3c(-c4cc(-c5cc(-c6ccc(-c7ccccc7)cc6)ccn5)cc(C(C)(C)C)c4)cccc32)c(-c2ccccc2)c1. The number of aromatic nitrogens is 3. The number of phenolic OH excluding ortho intramolecular Hbond substituents is 1. The number of imidazole rings is 1. The first-order chi connectivity index (χ1) is 29.7. The van der Waals surface area contributed by atoms with E-state index in [-0.39, 0.29) is 16.6 Å². The van der Waals surface area contributed by atoms with Crippen LogP contribution in [0, 0.1) is 13.8 Å². The van der Waals surface area contributed by atoms with Gasteiger partial charge in [-0.1, -0.05) is 162 Å². The number of hydrogen-bond donors (Lipinski definition) is 1. The predicted molar refractivity (Wildman–Crippen MR) is 260 cm³/mol. The molecule has 0 amide bonds. The summed E-state index contributed by atoms with van der Waals surface area (Å²) in [7, 11) is 0. The average molecular weight is 808 g/mol. The van der Waals surface area contributed by atoms with E-state index in [9.17, 15) is 5.11 Å². The van der Waals surface area contributed by atoms with Crippen LogP contribution in [0.4, 0.5) is 0 Å². The Bertz CT molecular complexity index is 3090.